The second kappa shape index (κ2) is 6.88. The molecule has 1 aromatic rings. The summed E-state index contributed by atoms with van der Waals surface area (Å²) < 4.78 is 11.4. The molecule has 0 saturated carbocycles. The summed E-state index contributed by atoms with van der Waals surface area (Å²) in [6.45, 7) is 4.44. The molecule has 3 heterocycles. The average molecular weight is 287 g/mol. The Balaban J connectivity index is 1.47. The molecule has 5 heteroatoms. The molecule has 1 aromatic heterocycles. The molecule has 21 heavy (non-hydrogen) atoms. The molecule has 0 amide bonds. The molecule has 0 aromatic carbocycles. The first-order chi connectivity index (χ1) is 10.3. The highest BCUT2D eigenvalue weighted by atomic mass is 16.5. The van der Waals surface area contributed by atoms with Gasteiger partial charge in [0.1, 0.15) is 17.6 Å². The number of pyridine rings is 1. The first-order valence-electron chi connectivity index (χ1n) is 7.66. The molecule has 112 valence electrons. The van der Waals surface area contributed by atoms with Crippen molar-refractivity contribution in [2.24, 2.45) is 5.92 Å². The highest BCUT2D eigenvalue weighted by Gasteiger charge is 2.23. The molecule has 5 nitrogen and oxygen atoms in total. The van der Waals surface area contributed by atoms with Crippen molar-refractivity contribution in [1.82, 2.24) is 4.98 Å². The highest BCUT2D eigenvalue weighted by molar-refractivity contribution is 5.41. The van der Waals surface area contributed by atoms with Gasteiger partial charge in [0.05, 0.1) is 19.3 Å². The summed E-state index contributed by atoms with van der Waals surface area (Å²) in [4.78, 5) is 6.59. The lowest BCUT2D eigenvalue weighted by molar-refractivity contribution is 0.0131. The van der Waals surface area contributed by atoms with Gasteiger partial charge in [0, 0.05) is 25.6 Å². The van der Waals surface area contributed by atoms with Crippen molar-refractivity contribution in [3.05, 3.63) is 23.9 Å². The summed E-state index contributed by atoms with van der Waals surface area (Å²) in [7, 11) is 0. The van der Waals surface area contributed by atoms with E-state index in [1.807, 2.05) is 12.1 Å². The monoisotopic (exact) mass is 287 g/mol. The van der Waals surface area contributed by atoms with E-state index >= 15 is 0 Å². The number of aromatic nitrogens is 1. The van der Waals surface area contributed by atoms with E-state index in [-0.39, 0.29) is 0 Å². The van der Waals surface area contributed by atoms with Crippen LogP contribution in [0.1, 0.15) is 25.0 Å². The summed E-state index contributed by atoms with van der Waals surface area (Å²) in [6, 6.07) is 7.69. The van der Waals surface area contributed by atoms with Gasteiger partial charge in [0.2, 0.25) is 0 Å². The molecular weight excluding hydrogens is 266 g/mol. The molecule has 0 aliphatic carbocycles. The van der Waals surface area contributed by atoms with Crippen molar-refractivity contribution in [2.75, 3.05) is 37.8 Å². The fraction of sp³-hybridized carbons (Fsp3) is 0.625. The normalized spacial score (nSPS) is 23.2. The molecule has 1 atom stereocenters. The predicted molar refractivity (Wildman–Crippen MR) is 79.1 cm³/mol. The lowest BCUT2D eigenvalue weighted by Gasteiger charge is -2.33. The second-order valence-electron chi connectivity index (χ2n) is 5.74. The Morgan fingerprint density at radius 2 is 2.19 bits per heavy atom. The molecule has 2 aliphatic rings. The highest BCUT2D eigenvalue weighted by Crippen LogP contribution is 2.21. The lowest BCUT2D eigenvalue weighted by Crippen LogP contribution is -2.38. The molecule has 0 radical (unpaired) electrons. The number of anilines is 1. The third-order valence-corrected chi connectivity index (χ3v) is 4.21. The van der Waals surface area contributed by atoms with Crippen molar-refractivity contribution in [3.63, 3.8) is 0 Å². The first-order valence-corrected chi connectivity index (χ1v) is 7.66. The van der Waals surface area contributed by atoms with Gasteiger partial charge in [0.15, 0.2) is 0 Å². The smallest absolute Gasteiger partial charge is 0.142 e. The van der Waals surface area contributed by atoms with E-state index in [9.17, 15) is 0 Å². The third kappa shape index (κ3) is 3.72. The number of piperidine rings is 1. The second-order valence-corrected chi connectivity index (χ2v) is 5.74. The topological polar surface area (TPSA) is 58.4 Å². The van der Waals surface area contributed by atoms with Gasteiger partial charge in [-0.2, -0.15) is 5.26 Å². The standard InChI is InChI=1S/C16H21N3O2/c17-10-14-2-1-3-16(18-14)19-7-4-15(5-8-19)21-12-13-6-9-20-11-13/h1-3,13,15H,4-9,11-12H2. The molecule has 2 aliphatic heterocycles. The van der Waals surface area contributed by atoms with E-state index in [1.165, 1.54) is 0 Å². The van der Waals surface area contributed by atoms with E-state index in [0.29, 0.717) is 17.7 Å². The molecule has 0 N–H and O–H groups in total. The number of nitrogens with zero attached hydrogens (tertiary/aromatic N) is 3. The Bertz CT molecular complexity index is 500. The fourth-order valence-corrected chi connectivity index (χ4v) is 2.90. The van der Waals surface area contributed by atoms with Gasteiger partial charge in [-0.3, -0.25) is 0 Å². The van der Waals surface area contributed by atoms with Crippen LogP contribution in [-0.2, 0) is 9.47 Å². The summed E-state index contributed by atoms with van der Waals surface area (Å²) in [5, 5.41) is 8.92. The summed E-state index contributed by atoms with van der Waals surface area (Å²) in [5.41, 5.74) is 0.479. The number of ether oxygens (including phenoxy) is 2. The van der Waals surface area contributed by atoms with Crippen LogP contribution in [0.5, 0.6) is 0 Å². The van der Waals surface area contributed by atoms with Gasteiger partial charge in [-0.25, -0.2) is 4.98 Å². The SMILES string of the molecule is N#Cc1cccc(N2CCC(OCC3CCOC3)CC2)n1. The lowest BCUT2D eigenvalue weighted by atomic mass is 10.1. The zero-order valence-corrected chi connectivity index (χ0v) is 12.2. The van der Waals surface area contributed by atoms with Crippen molar-refractivity contribution in [2.45, 2.75) is 25.4 Å². The minimum Gasteiger partial charge on any atom is -0.381 e. The number of rotatable bonds is 4. The molecule has 2 fully saturated rings. The van der Waals surface area contributed by atoms with Gasteiger partial charge >= 0.3 is 0 Å². The first kappa shape index (κ1) is 14.3. The van der Waals surface area contributed by atoms with Crippen molar-refractivity contribution in [1.29, 1.82) is 5.26 Å². The van der Waals surface area contributed by atoms with Gasteiger partial charge in [-0.1, -0.05) is 6.07 Å². The zero-order valence-electron chi connectivity index (χ0n) is 12.2. The van der Waals surface area contributed by atoms with E-state index in [4.69, 9.17) is 14.7 Å². The van der Waals surface area contributed by atoms with Crippen LogP contribution in [0, 0.1) is 17.2 Å². The Kier molecular flexibility index (Phi) is 4.69. The molecule has 1 unspecified atom stereocenters. The van der Waals surface area contributed by atoms with Crippen LogP contribution in [0.15, 0.2) is 18.2 Å². The average Bonchev–Trinajstić information content (AvgIpc) is 3.07. The van der Waals surface area contributed by atoms with E-state index < -0.39 is 0 Å². The number of hydrogen-bond acceptors (Lipinski definition) is 5. The molecule has 0 spiro atoms. The Morgan fingerprint density at radius 1 is 1.33 bits per heavy atom. The van der Waals surface area contributed by atoms with Crippen LogP contribution in [0.3, 0.4) is 0 Å². The van der Waals surface area contributed by atoms with Gasteiger partial charge < -0.3 is 14.4 Å². The van der Waals surface area contributed by atoms with Crippen molar-refractivity contribution < 1.29 is 9.47 Å². The quantitative estimate of drug-likeness (QED) is 0.847. The minimum atomic E-state index is 0.348. The molecule has 2 saturated heterocycles. The van der Waals surface area contributed by atoms with E-state index in [0.717, 1.165) is 58.0 Å². The van der Waals surface area contributed by atoms with Crippen molar-refractivity contribution in [3.8, 4) is 6.07 Å². The summed E-state index contributed by atoms with van der Waals surface area (Å²) in [6.07, 6.45) is 3.52. The van der Waals surface area contributed by atoms with Crippen LogP contribution in [-0.4, -0.2) is 44.0 Å². The maximum atomic E-state index is 8.92. The van der Waals surface area contributed by atoms with Crippen LogP contribution in [0.25, 0.3) is 0 Å². The van der Waals surface area contributed by atoms with E-state index in [2.05, 4.69) is 16.0 Å². The Labute approximate surface area is 125 Å². The summed E-state index contributed by atoms with van der Waals surface area (Å²) >= 11 is 0. The minimum absolute atomic E-state index is 0.348. The summed E-state index contributed by atoms with van der Waals surface area (Å²) in [5.74, 6) is 1.48. The van der Waals surface area contributed by atoms with Crippen LogP contribution >= 0.6 is 0 Å². The Morgan fingerprint density at radius 3 is 2.90 bits per heavy atom. The van der Waals surface area contributed by atoms with Gasteiger partial charge in [-0.15, -0.1) is 0 Å². The fourth-order valence-electron chi connectivity index (χ4n) is 2.90. The van der Waals surface area contributed by atoms with Crippen LogP contribution < -0.4 is 4.90 Å². The number of hydrogen-bond donors (Lipinski definition) is 0. The number of nitriles is 1. The van der Waals surface area contributed by atoms with Crippen LogP contribution in [0.2, 0.25) is 0 Å². The predicted octanol–water partition coefficient (Wildman–Crippen LogP) is 1.98. The molecular formula is C16H21N3O2. The zero-order chi connectivity index (χ0) is 14.5. The Hall–Kier alpha value is -1.64. The molecule has 0 bridgehead atoms. The van der Waals surface area contributed by atoms with E-state index in [1.54, 1.807) is 6.07 Å². The maximum absolute atomic E-state index is 8.92. The van der Waals surface area contributed by atoms with Gasteiger partial charge in [0.25, 0.3) is 0 Å². The van der Waals surface area contributed by atoms with Crippen molar-refractivity contribution >= 4 is 5.82 Å². The third-order valence-electron chi connectivity index (χ3n) is 4.21. The maximum Gasteiger partial charge on any atom is 0.142 e. The van der Waals surface area contributed by atoms with Gasteiger partial charge in [-0.05, 0) is 31.4 Å². The molecule has 3 rings (SSSR count). The largest absolute Gasteiger partial charge is 0.381 e. The van der Waals surface area contributed by atoms with Crippen LogP contribution in [0.4, 0.5) is 5.82 Å².